The lowest BCUT2D eigenvalue weighted by atomic mass is 10.1. The maximum absolute atomic E-state index is 12.6. The van der Waals surface area contributed by atoms with Crippen LogP contribution in [0.5, 0.6) is 11.5 Å². The number of ether oxygens (including phenoxy) is 2. The average Bonchev–Trinajstić information content (AvgIpc) is 2.75. The van der Waals surface area contributed by atoms with E-state index >= 15 is 0 Å². The summed E-state index contributed by atoms with van der Waals surface area (Å²) in [6, 6.07) is 16.8. The standard InChI is InChI=1S/C24H28N2O3/c1-4-13-28-22-12-11-20(23(16-22)29-14-5-2)15-21(17-25)24(27)26-18(3)19-9-7-6-8-10-19/h6-12,15-16,18H,4-5,13-14H2,1-3H3,(H,26,27). The molecular weight excluding hydrogens is 364 g/mol. The normalized spacial score (nSPS) is 12.0. The third-order valence-corrected chi connectivity index (χ3v) is 4.23. The number of hydrogen-bond acceptors (Lipinski definition) is 4. The van der Waals surface area contributed by atoms with E-state index in [4.69, 9.17) is 9.47 Å². The van der Waals surface area contributed by atoms with Gasteiger partial charge in [-0.15, -0.1) is 0 Å². The van der Waals surface area contributed by atoms with Crippen molar-refractivity contribution < 1.29 is 14.3 Å². The summed E-state index contributed by atoms with van der Waals surface area (Å²) in [4.78, 5) is 12.6. The van der Waals surface area contributed by atoms with Crippen LogP contribution in [0.4, 0.5) is 0 Å². The number of amides is 1. The second kappa shape index (κ2) is 11.6. The number of nitrogens with one attached hydrogen (secondary N) is 1. The van der Waals surface area contributed by atoms with Crippen LogP contribution in [0.15, 0.2) is 54.1 Å². The lowest BCUT2D eigenvalue weighted by molar-refractivity contribution is -0.117. The third-order valence-electron chi connectivity index (χ3n) is 4.23. The first-order chi connectivity index (χ1) is 14.1. The van der Waals surface area contributed by atoms with Crippen LogP contribution >= 0.6 is 0 Å². The van der Waals surface area contributed by atoms with Gasteiger partial charge in [0, 0.05) is 11.6 Å². The number of rotatable bonds is 10. The summed E-state index contributed by atoms with van der Waals surface area (Å²) in [7, 11) is 0. The van der Waals surface area contributed by atoms with Crippen molar-refractivity contribution in [2.75, 3.05) is 13.2 Å². The molecule has 1 unspecified atom stereocenters. The molecule has 0 saturated heterocycles. The molecule has 0 aliphatic rings. The van der Waals surface area contributed by atoms with Gasteiger partial charge in [-0.3, -0.25) is 4.79 Å². The third kappa shape index (κ3) is 6.69. The summed E-state index contributed by atoms with van der Waals surface area (Å²) in [5.74, 6) is 0.879. The van der Waals surface area contributed by atoms with Gasteiger partial charge in [-0.05, 0) is 43.5 Å². The maximum atomic E-state index is 12.6. The minimum atomic E-state index is -0.420. The monoisotopic (exact) mass is 392 g/mol. The number of hydrogen-bond donors (Lipinski definition) is 1. The Bertz CT molecular complexity index is 869. The molecule has 0 saturated carbocycles. The van der Waals surface area contributed by atoms with Gasteiger partial charge in [0.25, 0.3) is 5.91 Å². The van der Waals surface area contributed by atoms with Gasteiger partial charge in [-0.1, -0.05) is 44.2 Å². The maximum Gasteiger partial charge on any atom is 0.262 e. The lowest BCUT2D eigenvalue weighted by Crippen LogP contribution is -2.27. The summed E-state index contributed by atoms with van der Waals surface area (Å²) in [6.45, 7) is 7.10. The van der Waals surface area contributed by atoms with Crippen molar-refractivity contribution in [2.24, 2.45) is 0 Å². The summed E-state index contributed by atoms with van der Waals surface area (Å²) in [5.41, 5.74) is 1.67. The molecule has 0 aliphatic carbocycles. The molecule has 29 heavy (non-hydrogen) atoms. The van der Waals surface area contributed by atoms with E-state index < -0.39 is 5.91 Å². The molecule has 0 bridgehead atoms. The van der Waals surface area contributed by atoms with Crippen molar-refractivity contribution in [3.8, 4) is 17.6 Å². The van der Waals surface area contributed by atoms with Crippen molar-refractivity contribution in [2.45, 2.75) is 39.7 Å². The molecule has 152 valence electrons. The van der Waals surface area contributed by atoms with E-state index in [9.17, 15) is 10.1 Å². The molecule has 2 aromatic carbocycles. The Labute approximate surface area is 173 Å². The summed E-state index contributed by atoms with van der Waals surface area (Å²) in [6.07, 6.45) is 3.32. The van der Waals surface area contributed by atoms with Crippen molar-refractivity contribution in [1.29, 1.82) is 5.26 Å². The van der Waals surface area contributed by atoms with E-state index in [1.54, 1.807) is 18.2 Å². The predicted octanol–water partition coefficient (Wildman–Crippen LogP) is 5.05. The van der Waals surface area contributed by atoms with Crippen LogP contribution in [0.3, 0.4) is 0 Å². The number of nitrogens with zero attached hydrogens (tertiary/aromatic N) is 1. The Kier molecular flexibility index (Phi) is 8.78. The lowest BCUT2D eigenvalue weighted by Gasteiger charge is -2.14. The van der Waals surface area contributed by atoms with Gasteiger partial charge in [0.2, 0.25) is 0 Å². The Morgan fingerprint density at radius 2 is 1.79 bits per heavy atom. The van der Waals surface area contributed by atoms with Crippen LogP contribution in [-0.2, 0) is 4.79 Å². The first-order valence-electron chi connectivity index (χ1n) is 9.96. The molecule has 2 rings (SSSR count). The second-order valence-electron chi connectivity index (χ2n) is 6.67. The highest BCUT2D eigenvalue weighted by molar-refractivity contribution is 6.02. The van der Waals surface area contributed by atoms with Gasteiger partial charge in [-0.25, -0.2) is 0 Å². The van der Waals surface area contributed by atoms with Crippen molar-refractivity contribution in [3.63, 3.8) is 0 Å². The fourth-order valence-electron chi connectivity index (χ4n) is 2.68. The molecule has 5 heteroatoms. The Morgan fingerprint density at radius 1 is 1.10 bits per heavy atom. The average molecular weight is 392 g/mol. The highest BCUT2D eigenvalue weighted by Crippen LogP contribution is 2.27. The van der Waals surface area contributed by atoms with Gasteiger partial charge in [0.1, 0.15) is 23.1 Å². The highest BCUT2D eigenvalue weighted by atomic mass is 16.5. The zero-order valence-electron chi connectivity index (χ0n) is 17.3. The van der Waals surface area contributed by atoms with E-state index in [2.05, 4.69) is 5.32 Å². The molecule has 0 spiro atoms. The smallest absolute Gasteiger partial charge is 0.262 e. The van der Waals surface area contributed by atoms with E-state index in [0.29, 0.717) is 30.3 Å². The van der Waals surface area contributed by atoms with E-state index in [-0.39, 0.29) is 11.6 Å². The highest BCUT2D eigenvalue weighted by Gasteiger charge is 2.15. The topological polar surface area (TPSA) is 71.3 Å². The van der Waals surface area contributed by atoms with Gasteiger partial charge in [0.15, 0.2) is 0 Å². The molecule has 1 N–H and O–H groups in total. The largest absolute Gasteiger partial charge is 0.493 e. The summed E-state index contributed by atoms with van der Waals surface area (Å²) < 4.78 is 11.5. The Balaban J connectivity index is 2.23. The molecule has 1 atom stereocenters. The van der Waals surface area contributed by atoms with Crippen molar-refractivity contribution in [1.82, 2.24) is 5.32 Å². The minimum Gasteiger partial charge on any atom is -0.493 e. The molecule has 0 heterocycles. The molecule has 0 radical (unpaired) electrons. The molecule has 0 aliphatic heterocycles. The quantitative estimate of drug-likeness (QED) is 0.454. The Morgan fingerprint density at radius 3 is 2.45 bits per heavy atom. The molecule has 1 amide bonds. The molecular formula is C24H28N2O3. The summed E-state index contributed by atoms with van der Waals surface area (Å²) >= 11 is 0. The van der Waals surface area contributed by atoms with Gasteiger partial charge >= 0.3 is 0 Å². The first-order valence-corrected chi connectivity index (χ1v) is 9.96. The van der Waals surface area contributed by atoms with Crippen LogP contribution in [0.1, 0.15) is 50.8 Å². The minimum absolute atomic E-state index is 0.0244. The fourth-order valence-corrected chi connectivity index (χ4v) is 2.68. The van der Waals surface area contributed by atoms with Crippen LogP contribution in [-0.4, -0.2) is 19.1 Å². The predicted molar refractivity (Wildman–Crippen MR) is 115 cm³/mol. The van der Waals surface area contributed by atoms with Crippen molar-refractivity contribution in [3.05, 3.63) is 65.2 Å². The zero-order valence-corrected chi connectivity index (χ0v) is 17.3. The summed E-state index contributed by atoms with van der Waals surface area (Å²) in [5, 5.41) is 12.4. The number of carbonyl (C=O) groups excluding carboxylic acids is 1. The van der Waals surface area contributed by atoms with Crippen LogP contribution in [0.25, 0.3) is 6.08 Å². The molecule has 0 fully saturated rings. The van der Waals surface area contributed by atoms with E-state index in [1.807, 2.05) is 63.2 Å². The number of benzene rings is 2. The Hall–Kier alpha value is -3.26. The van der Waals surface area contributed by atoms with Gasteiger partial charge < -0.3 is 14.8 Å². The zero-order chi connectivity index (χ0) is 21.1. The van der Waals surface area contributed by atoms with E-state index in [0.717, 1.165) is 18.4 Å². The van der Waals surface area contributed by atoms with E-state index in [1.165, 1.54) is 0 Å². The van der Waals surface area contributed by atoms with Crippen LogP contribution in [0, 0.1) is 11.3 Å². The molecule has 0 aromatic heterocycles. The van der Waals surface area contributed by atoms with Crippen LogP contribution < -0.4 is 14.8 Å². The first kappa shape index (κ1) is 22.0. The number of nitriles is 1. The number of carbonyl (C=O) groups is 1. The van der Waals surface area contributed by atoms with Gasteiger partial charge in [-0.2, -0.15) is 5.26 Å². The van der Waals surface area contributed by atoms with Crippen LogP contribution in [0.2, 0.25) is 0 Å². The SMILES string of the molecule is CCCOc1ccc(C=C(C#N)C(=O)NC(C)c2ccccc2)c(OCCC)c1. The van der Waals surface area contributed by atoms with Gasteiger partial charge in [0.05, 0.1) is 19.3 Å². The second-order valence-corrected chi connectivity index (χ2v) is 6.67. The van der Waals surface area contributed by atoms with Crippen molar-refractivity contribution >= 4 is 12.0 Å². The fraction of sp³-hybridized carbons (Fsp3) is 0.333. The molecule has 5 nitrogen and oxygen atoms in total. The molecule has 2 aromatic rings.